The Morgan fingerprint density at radius 3 is 2.18 bits per heavy atom. The molecule has 0 unspecified atom stereocenters. The van der Waals surface area contributed by atoms with Gasteiger partial charge < -0.3 is 4.98 Å². The molecule has 2 nitrogen and oxygen atoms in total. The molecule has 0 aliphatic heterocycles. The van der Waals surface area contributed by atoms with E-state index in [0.29, 0.717) is 0 Å². The fourth-order valence-electron chi connectivity index (χ4n) is 2.31. The maximum atomic E-state index is 4.42. The van der Waals surface area contributed by atoms with Crippen molar-refractivity contribution in [2.24, 2.45) is 0 Å². The Kier molecular flexibility index (Phi) is 3.97. The van der Waals surface area contributed by atoms with E-state index in [0.717, 1.165) is 18.7 Å². The molecule has 0 radical (unpaired) electrons. The summed E-state index contributed by atoms with van der Waals surface area (Å²) in [6, 6.07) is 6.61. The molecule has 2 heteroatoms. The molecular weight excluding hydrogens is 208 g/mol. The monoisotopic (exact) mass is 228 g/mol. The SMILES string of the molecule is CCCc1cccc(CCC)c1-c1ncc[nH]1. The first-order valence-electron chi connectivity index (χ1n) is 6.47. The molecule has 0 bridgehead atoms. The Labute approximate surface area is 103 Å². The summed E-state index contributed by atoms with van der Waals surface area (Å²) in [5, 5.41) is 0. The second-order valence-corrected chi connectivity index (χ2v) is 4.39. The molecule has 0 amide bonds. The van der Waals surface area contributed by atoms with Crippen LogP contribution in [-0.4, -0.2) is 9.97 Å². The van der Waals surface area contributed by atoms with E-state index in [1.165, 1.54) is 29.5 Å². The molecule has 1 aromatic heterocycles. The van der Waals surface area contributed by atoms with Crippen LogP contribution in [0.4, 0.5) is 0 Å². The van der Waals surface area contributed by atoms with Crippen LogP contribution in [0.15, 0.2) is 30.6 Å². The molecule has 90 valence electrons. The summed E-state index contributed by atoms with van der Waals surface area (Å²) in [6.07, 6.45) is 8.30. The summed E-state index contributed by atoms with van der Waals surface area (Å²) < 4.78 is 0. The number of hydrogen-bond donors (Lipinski definition) is 1. The van der Waals surface area contributed by atoms with Crippen LogP contribution in [0.1, 0.15) is 37.8 Å². The number of aromatic amines is 1. The predicted octanol–water partition coefficient (Wildman–Crippen LogP) is 3.98. The van der Waals surface area contributed by atoms with Crippen molar-refractivity contribution in [2.45, 2.75) is 39.5 Å². The molecule has 1 heterocycles. The van der Waals surface area contributed by atoms with Crippen molar-refractivity contribution in [3.63, 3.8) is 0 Å². The van der Waals surface area contributed by atoms with Gasteiger partial charge in [0.2, 0.25) is 0 Å². The lowest BCUT2D eigenvalue weighted by atomic mass is 9.95. The first-order valence-corrected chi connectivity index (χ1v) is 6.47. The van der Waals surface area contributed by atoms with Gasteiger partial charge in [-0.1, -0.05) is 44.9 Å². The molecular formula is C15H20N2. The van der Waals surface area contributed by atoms with Crippen LogP contribution < -0.4 is 0 Å². The summed E-state index contributed by atoms with van der Waals surface area (Å²) in [4.78, 5) is 7.66. The highest BCUT2D eigenvalue weighted by atomic mass is 14.9. The Bertz CT molecular complexity index is 434. The standard InChI is InChI=1S/C15H20N2/c1-3-6-12-8-5-9-13(7-4-2)14(12)15-16-10-11-17-15/h5,8-11H,3-4,6-7H2,1-2H3,(H,16,17). The number of nitrogens with one attached hydrogen (secondary N) is 1. The van der Waals surface area contributed by atoms with Crippen molar-refractivity contribution < 1.29 is 0 Å². The molecule has 1 N–H and O–H groups in total. The second-order valence-electron chi connectivity index (χ2n) is 4.39. The van der Waals surface area contributed by atoms with E-state index in [-0.39, 0.29) is 0 Å². The van der Waals surface area contributed by atoms with Crippen molar-refractivity contribution in [3.8, 4) is 11.4 Å². The molecule has 2 aromatic rings. The maximum Gasteiger partial charge on any atom is 0.137 e. The average molecular weight is 228 g/mol. The average Bonchev–Trinajstić information content (AvgIpc) is 2.84. The summed E-state index contributed by atoms with van der Waals surface area (Å²) >= 11 is 0. The van der Waals surface area contributed by atoms with Crippen LogP contribution in [0.2, 0.25) is 0 Å². The van der Waals surface area contributed by atoms with Gasteiger partial charge in [0.15, 0.2) is 0 Å². The Hall–Kier alpha value is -1.57. The zero-order valence-electron chi connectivity index (χ0n) is 10.7. The van der Waals surface area contributed by atoms with Crippen LogP contribution in [-0.2, 0) is 12.8 Å². The van der Waals surface area contributed by atoms with E-state index in [1.807, 2.05) is 12.4 Å². The molecule has 0 atom stereocenters. The topological polar surface area (TPSA) is 28.7 Å². The summed E-state index contributed by atoms with van der Waals surface area (Å²) in [6.45, 7) is 4.44. The van der Waals surface area contributed by atoms with Gasteiger partial charge in [-0.15, -0.1) is 0 Å². The minimum atomic E-state index is 1.01. The number of hydrogen-bond acceptors (Lipinski definition) is 1. The highest BCUT2D eigenvalue weighted by Gasteiger charge is 2.11. The van der Waals surface area contributed by atoms with E-state index >= 15 is 0 Å². The van der Waals surface area contributed by atoms with Gasteiger partial charge in [0.1, 0.15) is 5.82 Å². The molecule has 0 fully saturated rings. The summed E-state index contributed by atoms with van der Waals surface area (Å²) in [5.41, 5.74) is 4.14. The molecule has 0 aliphatic carbocycles. The second kappa shape index (κ2) is 5.67. The molecule has 2 rings (SSSR count). The summed E-state index contributed by atoms with van der Waals surface area (Å²) in [5.74, 6) is 1.01. The van der Waals surface area contributed by atoms with Gasteiger partial charge in [0.25, 0.3) is 0 Å². The number of H-pyrrole nitrogens is 1. The smallest absolute Gasteiger partial charge is 0.137 e. The largest absolute Gasteiger partial charge is 0.345 e. The van der Waals surface area contributed by atoms with Gasteiger partial charge in [-0.25, -0.2) is 4.98 Å². The van der Waals surface area contributed by atoms with E-state index < -0.39 is 0 Å². The molecule has 1 aromatic carbocycles. The van der Waals surface area contributed by atoms with Crippen LogP contribution in [0.5, 0.6) is 0 Å². The normalized spacial score (nSPS) is 10.7. The lowest BCUT2D eigenvalue weighted by Gasteiger charge is -2.12. The number of benzene rings is 1. The zero-order valence-corrected chi connectivity index (χ0v) is 10.7. The Morgan fingerprint density at radius 1 is 1.06 bits per heavy atom. The van der Waals surface area contributed by atoms with Crippen molar-refractivity contribution in [2.75, 3.05) is 0 Å². The minimum absolute atomic E-state index is 1.01. The minimum Gasteiger partial charge on any atom is -0.345 e. The fourth-order valence-corrected chi connectivity index (χ4v) is 2.31. The molecule has 0 spiro atoms. The van der Waals surface area contributed by atoms with Crippen molar-refractivity contribution in [1.29, 1.82) is 0 Å². The third-order valence-corrected chi connectivity index (χ3v) is 3.01. The van der Waals surface area contributed by atoms with Crippen molar-refractivity contribution >= 4 is 0 Å². The number of nitrogens with zero attached hydrogens (tertiary/aromatic N) is 1. The third-order valence-electron chi connectivity index (χ3n) is 3.01. The van der Waals surface area contributed by atoms with Crippen LogP contribution in [0.25, 0.3) is 11.4 Å². The number of rotatable bonds is 5. The van der Waals surface area contributed by atoms with Gasteiger partial charge in [-0.3, -0.25) is 0 Å². The zero-order chi connectivity index (χ0) is 12.1. The highest BCUT2D eigenvalue weighted by Crippen LogP contribution is 2.27. The number of aryl methyl sites for hydroxylation is 2. The predicted molar refractivity (Wildman–Crippen MR) is 72.0 cm³/mol. The number of imidazole rings is 1. The van der Waals surface area contributed by atoms with Crippen LogP contribution in [0, 0.1) is 0 Å². The lowest BCUT2D eigenvalue weighted by molar-refractivity contribution is 0.895. The van der Waals surface area contributed by atoms with E-state index in [9.17, 15) is 0 Å². The Morgan fingerprint density at radius 2 is 1.71 bits per heavy atom. The van der Waals surface area contributed by atoms with E-state index in [4.69, 9.17) is 0 Å². The molecule has 17 heavy (non-hydrogen) atoms. The van der Waals surface area contributed by atoms with Crippen LogP contribution >= 0.6 is 0 Å². The first kappa shape index (κ1) is 11.9. The summed E-state index contributed by atoms with van der Waals surface area (Å²) in [7, 11) is 0. The molecule has 0 aliphatic rings. The molecule has 0 saturated heterocycles. The third kappa shape index (κ3) is 2.57. The first-order chi connectivity index (χ1) is 8.36. The van der Waals surface area contributed by atoms with Crippen molar-refractivity contribution in [1.82, 2.24) is 9.97 Å². The molecule has 0 saturated carbocycles. The highest BCUT2D eigenvalue weighted by molar-refractivity contribution is 5.65. The quantitative estimate of drug-likeness (QED) is 0.823. The van der Waals surface area contributed by atoms with E-state index in [1.54, 1.807) is 0 Å². The fraction of sp³-hybridized carbons (Fsp3) is 0.400. The van der Waals surface area contributed by atoms with Gasteiger partial charge in [-0.2, -0.15) is 0 Å². The Balaban J connectivity index is 2.50. The maximum absolute atomic E-state index is 4.42. The van der Waals surface area contributed by atoms with Gasteiger partial charge >= 0.3 is 0 Å². The van der Waals surface area contributed by atoms with Gasteiger partial charge in [0, 0.05) is 18.0 Å². The van der Waals surface area contributed by atoms with Gasteiger partial charge in [0.05, 0.1) is 0 Å². The lowest BCUT2D eigenvalue weighted by Crippen LogP contribution is -1.97. The van der Waals surface area contributed by atoms with E-state index in [2.05, 4.69) is 42.0 Å². The van der Waals surface area contributed by atoms with Crippen LogP contribution in [0.3, 0.4) is 0 Å². The van der Waals surface area contributed by atoms with Gasteiger partial charge in [-0.05, 0) is 24.0 Å². The number of aromatic nitrogens is 2. The van der Waals surface area contributed by atoms with Crippen molar-refractivity contribution in [3.05, 3.63) is 41.7 Å².